The number of nitrogens with zero attached hydrogens (tertiary/aromatic N) is 1. The van der Waals surface area contributed by atoms with Crippen molar-refractivity contribution in [3.63, 3.8) is 0 Å². The Hall–Kier alpha value is -1.04. The summed E-state index contributed by atoms with van der Waals surface area (Å²) in [6.45, 7) is 3.23. The second-order valence-electron chi connectivity index (χ2n) is 4.89. The summed E-state index contributed by atoms with van der Waals surface area (Å²) in [6, 6.07) is 7.74. The molecule has 98 valence electrons. The van der Waals surface area contributed by atoms with Crippen LogP contribution in [0.2, 0.25) is 0 Å². The normalized spacial score (nSPS) is 18.2. The van der Waals surface area contributed by atoms with Crippen molar-refractivity contribution in [2.24, 2.45) is 0 Å². The van der Waals surface area contributed by atoms with E-state index >= 15 is 0 Å². The predicted octanol–water partition coefficient (Wildman–Crippen LogP) is 1.41. The van der Waals surface area contributed by atoms with Crippen LogP contribution in [0.4, 0.5) is 5.69 Å². The molecule has 4 nitrogen and oxygen atoms in total. The highest BCUT2D eigenvalue weighted by atomic mass is 32.2. The Labute approximate surface area is 111 Å². The number of aliphatic hydroxyl groups is 1. The molecule has 0 unspecified atom stereocenters. The molecule has 0 radical (unpaired) electrons. The topological polar surface area (TPSA) is 52.6 Å². The number of β-amino-alcohol motifs (C(OH)–C–C–N with tert-alkyl or cyclic N) is 1. The summed E-state index contributed by atoms with van der Waals surface area (Å²) in [5, 5.41) is 12.5. The molecule has 0 bridgehead atoms. The fourth-order valence-electron chi connectivity index (χ4n) is 2.17. The quantitative estimate of drug-likeness (QED) is 0.809. The van der Waals surface area contributed by atoms with Gasteiger partial charge in [0.25, 0.3) is 0 Å². The number of nitrogens with one attached hydrogen (secondary N) is 1. The second-order valence-corrected chi connectivity index (χ2v) is 5.74. The first kappa shape index (κ1) is 13.4. The van der Waals surface area contributed by atoms with Gasteiger partial charge in [-0.25, -0.2) is 0 Å². The zero-order valence-corrected chi connectivity index (χ0v) is 11.5. The molecule has 2 rings (SSSR count). The lowest BCUT2D eigenvalue weighted by Crippen LogP contribution is -2.61. The number of benzene rings is 1. The van der Waals surface area contributed by atoms with Gasteiger partial charge in [-0.2, -0.15) is 0 Å². The lowest BCUT2D eigenvalue weighted by atomic mass is 9.97. The van der Waals surface area contributed by atoms with Crippen molar-refractivity contribution < 1.29 is 9.90 Å². The molecule has 0 saturated carbocycles. The first-order valence-corrected chi connectivity index (χ1v) is 7.10. The molecule has 18 heavy (non-hydrogen) atoms. The molecular formula is C13H18N2O2S. The number of carbonyl (C=O) groups is 1. The number of hydrogen-bond acceptors (Lipinski definition) is 4. The molecule has 0 aliphatic carbocycles. The van der Waals surface area contributed by atoms with Crippen LogP contribution in [-0.2, 0) is 4.79 Å². The number of anilines is 1. The number of rotatable bonds is 4. The molecule has 1 fully saturated rings. The standard InChI is InChI=1S/C13H18N2O2S/c1-13(17)8-15(9-13)7-12(16)14-10-5-3-4-6-11(10)18-2/h3-6,17H,7-9H2,1-2H3,(H,14,16). The Morgan fingerprint density at radius 1 is 1.50 bits per heavy atom. The van der Waals surface area contributed by atoms with Gasteiger partial charge in [0, 0.05) is 18.0 Å². The van der Waals surface area contributed by atoms with Crippen molar-refractivity contribution in [1.29, 1.82) is 0 Å². The Kier molecular flexibility index (Phi) is 3.94. The maximum absolute atomic E-state index is 11.9. The van der Waals surface area contributed by atoms with Crippen LogP contribution in [0.1, 0.15) is 6.92 Å². The van der Waals surface area contributed by atoms with Crippen molar-refractivity contribution in [2.75, 3.05) is 31.2 Å². The third kappa shape index (κ3) is 3.25. The van der Waals surface area contributed by atoms with E-state index in [0.717, 1.165) is 10.6 Å². The summed E-state index contributed by atoms with van der Waals surface area (Å²) >= 11 is 1.61. The van der Waals surface area contributed by atoms with Gasteiger partial charge in [-0.05, 0) is 25.3 Å². The molecule has 0 spiro atoms. The van der Waals surface area contributed by atoms with Crippen LogP contribution in [0.5, 0.6) is 0 Å². The zero-order chi connectivity index (χ0) is 13.2. The minimum Gasteiger partial charge on any atom is -0.388 e. The first-order valence-electron chi connectivity index (χ1n) is 5.88. The van der Waals surface area contributed by atoms with Crippen molar-refractivity contribution in [3.05, 3.63) is 24.3 Å². The average Bonchev–Trinajstić information content (AvgIpc) is 2.27. The SMILES string of the molecule is CSc1ccccc1NC(=O)CN1CC(C)(O)C1. The van der Waals surface area contributed by atoms with E-state index in [2.05, 4.69) is 5.32 Å². The average molecular weight is 266 g/mol. The molecule has 0 aromatic heterocycles. The molecule has 1 aromatic carbocycles. The highest BCUT2D eigenvalue weighted by Crippen LogP contribution is 2.25. The van der Waals surface area contributed by atoms with Crippen LogP contribution >= 0.6 is 11.8 Å². The number of amides is 1. The van der Waals surface area contributed by atoms with Gasteiger partial charge in [-0.1, -0.05) is 12.1 Å². The van der Waals surface area contributed by atoms with Crippen LogP contribution in [0.15, 0.2) is 29.2 Å². The molecule has 5 heteroatoms. The molecule has 1 aliphatic heterocycles. The maximum Gasteiger partial charge on any atom is 0.238 e. The molecule has 1 saturated heterocycles. The third-order valence-corrected chi connectivity index (χ3v) is 3.67. The van der Waals surface area contributed by atoms with Crippen molar-refractivity contribution in [3.8, 4) is 0 Å². The number of para-hydroxylation sites is 1. The van der Waals surface area contributed by atoms with E-state index in [1.807, 2.05) is 35.4 Å². The summed E-state index contributed by atoms with van der Waals surface area (Å²) in [5.74, 6) is -0.0352. The van der Waals surface area contributed by atoms with E-state index in [0.29, 0.717) is 19.6 Å². The fourth-order valence-corrected chi connectivity index (χ4v) is 2.72. The number of carbonyl (C=O) groups excluding carboxylic acids is 1. The van der Waals surface area contributed by atoms with E-state index in [9.17, 15) is 9.90 Å². The molecular weight excluding hydrogens is 248 g/mol. The maximum atomic E-state index is 11.9. The Bertz CT molecular complexity index is 440. The lowest BCUT2D eigenvalue weighted by molar-refractivity contribution is -0.125. The predicted molar refractivity (Wildman–Crippen MR) is 73.9 cm³/mol. The molecule has 1 aliphatic rings. The first-order chi connectivity index (χ1) is 8.50. The molecule has 2 N–H and O–H groups in total. The third-order valence-electron chi connectivity index (χ3n) is 2.88. The monoisotopic (exact) mass is 266 g/mol. The van der Waals surface area contributed by atoms with Gasteiger partial charge in [0.2, 0.25) is 5.91 Å². The van der Waals surface area contributed by atoms with Crippen molar-refractivity contribution in [2.45, 2.75) is 17.4 Å². The summed E-state index contributed by atoms with van der Waals surface area (Å²) in [4.78, 5) is 14.8. The highest BCUT2D eigenvalue weighted by molar-refractivity contribution is 7.98. The zero-order valence-electron chi connectivity index (χ0n) is 10.6. The van der Waals surface area contributed by atoms with Crippen LogP contribution in [0.25, 0.3) is 0 Å². The van der Waals surface area contributed by atoms with Gasteiger partial charge < -0.3 is 10.4 Å². The molecule has 0 atom stereocenters. The Morgan fingerprint density at radius 3 is 2.78 bits per heavy atom. The lowest BCUT2D eigenvalue weighted by Gasteiger charge is -2.43. The molecule has 1 amide bonds. The Morgan fingerprint density at radius 2 is 2.17 bits per heavy atom. The summed E-state index contributed by atoms with van der Waals surface area (Å²) in [7, 11) is 0. The van der Waals surface area contributed by atoms with Crippen LogP contribution < -0.4 is 5.32 Å². The smallest absolute Gasteiger partial charge is 0.238 e. The van der Waals surface area contributed by atoms with Gasteiger partial charge in [0.1, 0.15) is 0 Å². The fraction of sp³-hybridized carbons (Fsp3) is 0.462. The van der Waals surface area contributed by atoms with E-state index in [4.69, 9.17) is 0 Å². The van der Waals surface area contributed by atoms with E-state index in [1.165, 1.54) is 0 Å². The number of likely N-dealkylation sites (tertiary alicyclic amines) is 1. The van der Waals surface area contributed by atoms with Gasteiger partial charge in [-0.3, -0.25) is 9.69 Å². The summed E-state index contributed by atoms with van der Waals surface area (Å²) < 4.78 is 0. The van der Waals surface area contributed by atoms with Gasteiger partial charge in [-0.15, -0.1) is 11.8 Å². The molecule has 1 aromatic rings. The van der Waals surface area contributed by atoms with Gasteiger partial charge in [0.05, 0.1) is 17.8 Å². The summed E-state index contributed by atoms with van der Waals surface area (Å²) in [6.07, 6.45) is 1.98. The van der Waals surface area contributed by atoms with E-state index in [1.54, 1.807) is 18.7 Å². The second kappa shape index (κ2) is 5.30. The van der Waals surface area contributed by atoms with Gasteiger partial charge >= 0.3 is 0 Å². The number of hydrogen-bond donors (Lipinski definition) is 2. The largest absolute Gasteiger partial charge is 0.388 e. The van der Waals surface area contributed by atoms with Crippen LogP contribution in [-0.4, -0.2) is 47.4 Å². The van der Waals surface area contributed by atoms with E-state index < -0.39 is 5.60 Å². The van der Waals surface area contributed by atoms with Crippen LogP contribution in [0, 0.1) is 0 Å². The minimum atomic E-state index is -0.628. The van der Waals surface area contributed by atoms with Gasteiger partial charge in [0.15, 0.2) is 0 Å². The highest BCUT2D eigenvalue weighted by Gasteiger charge is 2.37. The minimum absolute atomic E-state index is 0.0352. The van der Waals surface area contributed by atoms with E-state index in [-0.39, 0.29) is 5.91 Å². The Balaban J connectivity index is 1.88. The van der Waals surface area contributed by atoms with Crippen LogP contribution in [0.3, 0.4) is 0 Å². The number of thioether (sulfide) groups is 1. The summed E-state index contributed by atoms with van der Waals surface area (Å²) in [5.41, 5.74) is 0.222. The van der Waals surface area contributed by atoms with Crippen molar-refractivity contribution in [1.82, 2.24) is 4.90 Å². The van der Waals surface area contributed by atoms with Crippen molar-refractivity contribution >= 4 is 23.4 Å². The molecule has 1 heterocycles.